The van der Waals surface area contributed by atoms with E-state index in [4.69, 9.17) is 21.1 Å². The van der Waals surface area contributed by atoms with Crippen molar-refractivity contribution >= 4 is 45.1 Å². The first kappa shape index (κ1) is 18.3. The van der Waals surface area contributed by atoms with E-state index in [-0.39, 0.29) is 13.2 Å². The lowest BCUT2D eigenvalue weighted by Crippen LogP contribution is -2.23. The van der Waals surface area contributed by atoms with Crippen LogP contribution in [-0.2, 0) is 14.3 Å². The molecule has 0 aliphatic carbocycles. The summed E-state index contributed by atoms with van der Waals surface area (Å²) >= 11 is 9.15. The lowest BCUT2D eigenvalue weighted by molar-refractivity contribution is -0.149. The predicted octanol–water partition coefficient (Wildman–Crippen LogP) is 3.97. The minimum Gasteiger partial charge on any atom is -0.482 e. The minimum atomic E-state index is -0.629. The fourth-order valence-electron chi connectivity index (χ4n) is 1.83. The highest BCUT2D eigenvalue weighted by Crippen LogP contribution is 2.21. The van der Waals surface area contributed by atoms with E-state index in [1.165, 1.54) is 0 Å². The monoisotopic (exact) mass is 411 g/mol. The summed E-state index contributed by atoms with van der Waals surface area (Å²) in [5.74, 6) is -0.515. The third kappa shape index (κ3) is 5.86. The molecule has 2 rings (SSSR count). The van der Waals surface area contributed by atoms with Gasteiger partial charge in [-0.25, -0.2) is 4.79 Å². The van der Waals surface area contributed by atoms with Gasteiger partial charge in [-0.1, -0.05) is 27.5 Å². The van der Waals surface area contributed by atoms with Gasteiger partial charge < -0.3 is 14.8 Å². The molecule has 2 aromatic rings. The second-order valence-corrected chi connectivity index (χ2v) is 6.27. The van der Waals surface area contributed by atoms with Gasteiger partial charge in [-0.05, 0) is 55.0 Å². The number of anilines is 1. The van der Waals surface area contributed by atoms with Gasteiger partial charge in [-0.3, -0.25) is 4.79 Å². The average molecular weight is 413 g/mol. The van der Waals surface area contributed by atoms with Crippen LogP contribution in [0.25, 0.3) is 0 Å². The van der Waals surface area contributed by atoms with Gasteiger partial charge >= 0.3 is 5.97 Å². The zero-order valence-electron chi connectivity index (χ0n) is 12.8. The number of rotatable bonds is 6. The molecule has 0 fully saturated rings. The number of benzene rings is 2. The van der Waals surface area contributed by atoms with Crippen LogP contribution in [0.2, 0.25) is 5.02 Å². The van der Waals surface area contributed by atoms with Crippen LogP contribution in [0.15, 0.2) is 46.9 Å². The molecule has 0 saturated carbocycles. The number of hydrogen-bond acceptors (Lipinski definition) is 4. The van der Waals surface area contributed by atoms with Crippen molar-refractivity contribution in [2.24, 2.45) is 0 Å². The summed E-state index contributed by atoms with van der Waals surface area (Å²) in [5, 5.41) is 3.21. The SMILES string of the molecule is Cc1cc(Cl)ccc1OCC(=O)OCC(=O)Nc1ccc(Br)cc1. The molecule has 0 unspecified atom stereocenters. The molecular weight excluding hydrogens is 398 g/mol. The van der Waals surface area contributed by atoms with Gasteiger partial charge in [-0.15, -0.1) is 0 Å². The van der Waals surface area contributed by atoms with Crippen LogP contribution < -0.4 is 10.1 Å². The summed E-state index contributed by atoms with van der Waals surface area (Å²) in [6.07, 6.45) is 0. The smallest absolute Gasteiger partial charge is 0.344 e. The highest BCUT2D eigenvalue weighted by Gasteiger charge is 2.10. The Morgan fingerprint density at radius 3 is 2.50 bits per heavy atom. The van der Waals surface area contributed by atoms with Gasteiger partial charge in [0, 0.05) is 15.2 Å². The fourth-order valence-corrected chi connectivity index (χ4v) is 2.32. The summed E-state index contributed by atoms with van der Waals surface area (Å²) in [6.45, 7) is 1.16. The molecular formula is C17H15BrClNO4. The van der Waals surface area contributed by atoms with Crippen molar-refractivity contribution in [1.82, 2.24) is 0 Å². The third-order valence-electron chi connectivity index (χ3n) is 2.97. The largest absolute Gasteiger partial charge is 0.482 e. The van der Waals surface area contributed by atoms with Crippen molar-refractivity contribution in [3.8, 4) is 5.75 Å². The summed E-state index contributed by atoms with van der Waals surface area (Å²) in [4.78, 5) is 23.3. The third-order valence-corrected chi connectivity index (χ3v) is 3.74. The summed E-state index contributed by atoms with van der Waals surface area (Å²) < 4.78 is 11.1. The van der Waals surface area contributed by atoms with Crippen LogP contribution in [0, 0.1) is 6.92 Å². The Hall–Kier alpha value is -2.05. The summed E-state index contributed by atoms with van der Waals surface area (Å²) in [5.41, 5.74) is 1.43. The van der Waals surface area contributed by atoms with Crippen LogP contribution in [-0.4, -0.2) is 25.1 Å². The zero-order chi connectivity index (χ0) is 17.5. The highest BCUT2D eigenvalue weighted by atomic mass is 79.9. The first-order valence-corrected chi connectivity index (χ1v) is 8.21. The number of carbonyl (C=O) groups is 2. The van der Waals surface area contributed by atoms with Gasteiger partial charge in [0.1, 0.15) is 5.75 Å². The Labute approximate surface area is 153 Å². The molecule has 0 heterocycles. The van der Waals surface area contributed by atoms with Gasteiger partial charge in [0.15, 0.2) is 13.2 Å². The normalized spacial score (nSPS) is 10.1. The predicted molar refractivity (Wildman–Crippen MR) is 95.4 cm³/mol. The fraction of sp³-hybridized carbons (Fsp3) is 0.176. The Balaban J connectivity index is 1.74. The van der Waals surface area contributed by atoms with Crippen LogP contribution in [0.1, 0.15) is 5.56 Å². The van der Waals surface area contributed by atoms with Gasteiger partial charge in [-0.2, -0.15) is 0 Å². The molecule has 7 heteroatoms. The number of nitrogens with one attached hydrogen (secondary N) is 1. The number of amides is 1. The molecule has 0 radical (unpaired) electrons. The van der Waals surface area contributed by atoms with Crippen molar-refractivity contribution in [2.75, 3.05) is 18.5 Å². The highest BCUT2D eigenvalue weighted by molar-refractivity contribution is 9.10. The van der Waals surface area contributed by atoms with Crippen LogP contribution in [0.5, 0.6) is 5.75 Å². The first-order chi connectivity index (χ1) is 11.4. The lowest BCUT2D eigenvalue weighted by Gasteiger charge is -2.09. The molecule has 0 aliphatic rings. The van der Waals surface area contributed by atoms with E-state index in [1.807, 2.05) is 6.92 Å². The number of esters is 1. The zero-order valence-corrected chi connectivity index (χ0v) is 15.2. The van der Waals surface area contributed by atoms with Crippen molar-refractivity contribution in [2.45, 2.75) is 6.92 Å². The van der Waals surface area contributed by atoms with E-state index in [0.717, 1.165) is 10.0 Å². The molecule has 126 valence electrons. The first-order valence-electron chi connectivity index (χ1n) is 7.04. The van der Waals surface area contributed by atoms with Crippen LogP contribution >= 0.6 is 27.5 Å². The minimum absolute atomic E-state index is 0.284. The Kier molecular flexibility index (Phi) is 6.63. The van der Waals surface area contributed by atoms with E-state index in [1.54, 1.807) is 42.5 Å². The summed E-state index contributed by atoms with van der Waals surface area (Å²) in [7, 11) is 0. The molecule has 0 aromatic heterocycles. The van der Waals surface area contributed by atoms with Crippen molar-refractivity contribution in [1.29, 1.82) is 0 Å². The molecule has 0 spiro atoms. The number of ether oxygens (including phenoxy) is 2. The van der Waals surface area contributed by atoms with Gasteiger partial charge in [0.25, 0.3) is 5.91 Å². The van der Waals surface area contributed by atoms with Crippen molar-refractivity contribution in [3.63, 3.8) is 0 Å². The van der Waals surface area contributed by atoms with E-state index in [2.05, 4.69) is 21.2 Å². The van der Waals surface area contributed by atoms with Gasteiger partial charge in [0.05, 0.1) is 0 Å². The van der Waals surface area contributed by atoms with E-state index in [9.17, 15) is 9.59 Å². The number of aryl methyl sites for hydroxylation is 1. The van der Waals surface area contributed by atoms with Crippen LogP contribution in [0.4, 0.5) is 5.69 Å². The van der Waals surface area contributed by atoms with E-state index >= 15 is 0 Å². The number of carbonyl (C=O) groups excluding carboxylic acids is 2. The molecule has 1 N–H and O–H groups in total. The number of halogens is 2. The second kappa shape index (κ2) is 8.70. The Morgan fingerprint density at radius 1 is 1.12 bits per heavy atom. The molecule has 0 atom stereocenters. The standard InChI is InChI=1S/C17H15BrClNO4/c1-11-8-13(19)4-7-15(11)23-10-17(22)24-9-16(21)20-14-5-2-12(18)3-6-14/h2-8H,9-10H2,1H3,(H,20,21). The molecule has 0 bridgehead atoms. The maximum atomic E-state index is 11.7. The topological polar surface area (TPSA) is 64.6 Å². The molecule has 2 aromatic carbocycles. The maximum Gasteiger partial charge on any atom is 0.344 e. The quantitative estimate of drug-likeness (QED) is 0.729. The van der Waals surface area contributed by atoms with E-state index < -0.39 is 11.9 Å². The van der Waals surface area contributed by atoms with Gasteiger partial charge in [0.2, 0.25) is 0 Å². The molecule has 24 heavy (non-hydrogen) atoms. The maximum absolute atomic E-state index is 11.7. The lowest BCUT2D eigenvalue weighted by atomic mass is 10.2. The second-order valence-electron chi connectivity index (χ2n) is 4.91. The number of hydrogen-bond donors (Lipinski definition) is 1. The van der Waals surface area contributed by atoms with Crippen molar-refractivity contribution in [3.05, 3.63) is 57.5 Å². The van der Waals surface area contributed by atoms with Crippen molar-refractivity contribution < 1.29 is 19.1 Å². The molecule has 0 aliphatic heterocycles. The molecule has 5 nitrogen and oxygen atoms in total. The average Bonchev–Trinajstić information content (AvgIpc) is 2.54. The summed E-state index contributed by atoms with van der Waals surface area (Å²) in [6, 6.07) is 12.1. The molecule has 0 saturated heterocycles. The molecule has 1 amide bonds. The Morgan fingerprint density at radius 2 is 1.83 bits per heavy atom. The Bertz CT molecular complexity index is 734. The van der Waals surface area contributed by atoms with Crippen LogP contribution in [0.3, 0.4) is 0 Å². The van der Waals surface area contributed by atoms with E-state index in [0.29, 0.717) is 16.5 Å².